The van der Waals surface area contributed by atoms with Gasteiger partial charge in [-0.05, 0) is 80.8 Å². The van der Waals surface area contributed by atoms with E-state index >= 15 is 4.79 Å². The molecule has 51 heavy (non-hydrogen) atoms. The Morgan fingerprint density at radius 3 is 2.31 bits per heavy atom. The second kappa shape index (κ2) is 14.1. The van der Waals surface area contributed by atoms with Gasteiger partial charge in [0.15, 0.2) is 5.54 Å². The molecule has 1 amide bonds. The van der Waals surface area contributed by atoms with E-state index in [-0.39, 0.29) is 20.6 Å². The lowest BCUT2D eigenvalue weighted by Gasteiger charge is -2.41. The molecule has 2 fully saturated rings. The van der Waals surface area contributed by atoms with Gasteiger partial charge in [0, 0.05) is 56.4 Å². The molecule has 3 aliphatic rings. The number of fused-ring (bicyclic) bond motifs is 1. The van der Waals surface area contributed by atoms with Crippen molar-refractivity contribution in [2.75, 3.05) is 51.2 Å². The van der Waals surface area contributed by atoms with E-state index in [9.17, 15) is 8.42 Å². The van der Waals surface area contributed by atoms with Gasteiger partial charge in [-0.15, -0.1) is 0 Å². The van der Waals surface area contributed by atoms with Gasteiger partial charge in [0.2, 0.25) is 5.89 Å². The molecular weight excluding hydrogens is 713 g/mol. The Morgan fingerprint density at radius 2 is 1.67 bits per heavy atom. The van der Waals surface area contributed by atoms with Crippen LogP contribution in [0, 0.1) is 0 Å². The molecule has 3 aromatic carbocycles. The van der Waals surface area contributed by atoms with Crippen LogP contribution >= 0.6 is 23.2 Å². The fourth-order valence-electron chi connectivity index (χ4n) is 7.81. The minimum Gasteiger partial charge on any atom is -0.497 e. The summed E-state index contributed by atoms with van der Waals surface area (Å²) in [5.41, 5.74) is 0.218. The van der Waals surface area contributed by atoms with Crippen molar-refractivity contribution in [1.82, 2.24) is 19.7 Å². The van der Waals surface area contributed by atoms with Crippen LogP contribution in [-0.4, -0.2) is 87.0 Å². The Morgan fingerprint density at radius 1 is 0.941 bits per heavy atom. The lowest BCUT2D eigenvalue weighted by Crippen LogP contribution is -2.54. The van der Waals surface area contributed by atoms with Gasteiger partial charge in [0.1, 0.15) is 17.8 Å². The number of sulfonamides is 1. The van der Waals surface area contributed by atoms with E-state index in [2.05, 4.69) is 28.6 Å². The summed E-state index contributed by atoms with van der Waals surface area (Å²) >= 11 is 13.4. The van der Waals surface area contributed by atoms with Crippen LogP contribution in [0.15, 0.2) is 76.4 Å². The van der Waals surface area contributed by atoms with Crippen molar-refractivity contribution < 1.29 is 27.1 Å². The highest BCUT2D eigenvalue weighted by atomic mass is 35.5. The minimum atomic E-state index is -4.49. The Labute approximate surface area is 308 Å². The van der Waals surface area contributed by atoms with Crippen LogP contribution in [0.1, 0.15) is 55.3 Å². The number of aromatic nitrogens is 1. The number of amides is 1. The van der Waals surface area contributed by atoms with Gasteiger partial charge in [-0.1, -0.05) is 29.3 Å². The molecule has 270 valence electrons. The average Bonchev–Trinajstić information content (AvgIpc) is 3.88. The van der Waals surface area contributed by atoms with Crippen molar-refractivity contribution in [2.45, 2.75) is 55.8 Å². The van der Waals surface area contributed by atoms with Crippen LogP contribution in [0.25, 0.3) is 0 Å². The maximum atomic E-state index is 15.7. The first-order chi connectivity index (χ1) is 24.5. The Hall–Kier alpha value is -3.65. The number of piperazine rings is 1. The molecular formula is C37H41Cl2N5O6S. The molecule has 0 saturated carbocycles. The summed E-state index contributed by atoms with van der Waals surface area (Å²) in [5.74, 6) is 0.627. The molecule has 0 radical (unpaired) electrons. The number of carbonyl (C=O) groups is 1. The smallest absolute Gasteiger partial charge is 0.271 e. The van der Waals surface area contributed by atoms with Crippen LogP contribution in [0.4, 0.5) is 5.69 Å². The van der Waals surface area contributed by atoms with Crippen molar-refractivity contribution in [3.8, 4) is 11.5 Å². The average molecular weight is 755 g/mol. The summed E-state index contributed by atoms with van der Waals surface area (Å²) in [4.78, 5) is 26.9. The van der Waals surface area contributed by atoms with Crippen LogP contribution in [-0.2, 0) is 26.9 Å². The largest absolute Gasteiger partial charge is 0.497 e. The van der Waals surface area contributed by atoms with Gasteiger partial charge in [0.05, 0.1) is 47.1 Å². The first-order valence-corrected chi connectivity index (χ1v) is 19.2. The van der Waals surface area contributed by atoms with Crippen molar-refractivity contribution in [1.29, 1.82) is 0 Å². The summed E-state index contributed by atoms with van der Waals surface area (Å²) in [6.45, 7) is 9.20. The van der Waals surface area contributed by atoms with Gasteiger partial charge in [-0.3, -0.25) is 19.5 Å². The van der Waals surface area contributed by atoms with E-state index in [0.717, 1.165) is 36.0 Å². The van der Waals surface area contributed by atoms with Crippen LogP contribution in [0.2, 0.25) is 10.0 Å². The zero-order valence-electron chi connectivity index (χ0n) is 29.0. The summed E-state index contributed by atoms with van der Waals surface area (Å²) in [6.07, 6.45) is 4.39. The topological polar surface area (TPSA) is 109 Å². The van der Waals surface area contributed by atoms with E-state index < -0.39 is 27.5 Å². The Balaban J connectivity index is 1.45. The second-order valence-electron chi connectivity index (χ2n) is 13.4. The maximum absolute atomic E-state index is 15.7. The predicted octanol–water partition coefficient (Wildman–Crippen LogP) is 6.34. The number of methoxy groups -OCH3 is 2. The van der Waals surface area contributed by atoms with Gasteiger partial charge in [-0.25, -0.2) is 17.7 Å². The van der Waals surface area contributed by atoms with E-state index in [0.29, 0.717) is 60.5 Å². The number of hydrogen-bond acceptors (Lipinski definition) is 10. The molecule has 0 N–H and O–H groups in total. The number of benzene rings is 3. The normalized spacial score (nSPS) is 21.8. The van der Waals surface area contributed by atoms with Gasteiger partial charge in [-0.2, -0.15) is 0 Å². The lowest BCUT2D eigenvalue weighted by atomic mass is 9.80. The van der Waals surface area contributed by atoms with Crippen molar-refractivity contribution in [2.24, 2.45) is 0 Å². The van der Waals surface area contributed by atoms with E-state index in [1.54, 1.807) is 31.5 Å². The number of rotatable bonds is 10. The Bertz CT molecular complexity index is 2020. The second-order valence-corrected chi connectivity index (χ2v) is 16.0. The number of hydrogen-bond donors (Lipinski definition) is 0. The van der Waals surface area contributed by atoms with Gasteiger partial charge >= 0.3 is 0 Å². The summed E-state index contributed by atoms with van der Waals surface area (Å²) in [5, 5.41) is 0.294. The third-order valence-corrected chi connectivity index (χ3v) is 12.8. The predicted molar refractivity (Wildman–Crippen MR) is 195 cm³/mol. The third-order valence-electron chi connectivity index (χ3n) is 10.4. The fraction of sp³-hybridized carbons (Fsp3) is 0.405. The van der Waals surface area contributed by atoms with Crippen molar-refractivity contribution in [3.63, 3.8) is 0 Å². The lowest BCUT2D eigenvalue weighted by molar-refractivity contribution is -0.127. The minimum absolute atomic E-state index is 0.0867. The zero-order valence-corrected chi connectivity index (χ0v) is 31.3. The molecule has 2 unspecified atom stereocenters. The zero-order chi connectivity index (χ0) is 36.1. The van der Waals surface area contributed by atoms with E-state index in [1.807, 2.05) is 23.1 Å². The number of ether oxygens (including phenoxy) is 2. The van der Waals surface area contributed by atoms with E-state index in [1.165, 1.54) is 31.6 Å². The molecule has 0 spiro atoms. The highest BCUT2D eigenvalue weighted by Gasteiger charge is 2.63. The molecule has 11 nitrogen and oxygen atoms in total. The highest BCUT2D eigenvalue weighted by molar-refractivity contribution is 7.93. The SMILES string of the molecule is COc1ccc(S(=O)(=O)N2C(=O)C(c3cc(CN4CCN(C(C)C)CC4)ccc3OC)(N3CCCC3c3ncco3)c3cc(Cl)c(Cl)cc32)cc1. The first-order valence-electron chi connectivity index (χ1n) is 17.0. The molecule has 0 aliphatic carbocycles. The number of carbonyl (C=O) groups excluding carboxylic acids is 1. The molecule has 2 saturated heterocycles. The Kier molecular flexibility index (Phi) is 9.85. The summed E-state index contributed by atoms with van der Waals surface area (Å²) < 4.78 is 47.4. The van der Waals surface area contributed by atoms with Gasteiger partial charge in [0.25, 0.3) is 15.9 Å². The van der Waals surface area contributed by atoms with Crippen molar-refractivity contribution in [3.05, 3.63) is 99.7 Å². The number of likely N-dealkylation sites (tertiary alicyclic amines) is 1. The fourth-order valence-corrected chi connectivity index (χ4v) is 9.58. The van der Waals surface area contributed by atoms with Gasteiger partial charge < -0.3 is 13.9 Å². The van der Waals surface area contributed by atoms with E-state index in [4.69, 9.17) is 37.1 Å². The molecule has 7 rings (SSSR count). The molecule has 0 bridgehead atoms. The summed E-state index contributed by atoms with van der Waals surface area (Å²) in [7, 11) is -1.45. The maximum Gasteiger partial charge on any atom is 0.271 e. The number of oxazole rings is 1. The molecule has 1 aromatic heterocycles. The third kappa shape index (κ3) is 6.09. The quantitative estimate of drug-likeness (QED) is 0.182. The standard InChI is InChI=1S/C37H41Cl2N5O6S/c1-24(2)42-17-15-41(16-18-42)23-25-7-12-34(49-4)29(20-25)37(43-14-5-6-32(43)35-40-13-19-50-35)28-21-30(38)31(39)22-33(28)44(36(37)45)51(46,47)27-10-8-26(48-3)9-11-27/h7-13,19-22,24,32H,5-6,14-18,23H2,1-4H3. The van der Waals surface area contributed by atoms with Crippen molar-refractivity contribution >= 4 is 44.8 Å². The molecule has 4 heterocycles. The van der Waals surface area contributed by atoms with Crippen LogP contribution in [0.5, 0.6) is 11.5 Å². The summed E-state index contributed by atoms with van der Waals surface area (Å²) in [6, 6.07) is 14.9. The first kappa shape index (κ1) is 35.7. The number of nitrogens with zero attached hydrogens (tertiary/aromatic N) is 5. The molecule has 2 atom stereocenters. The molecule has 3 aliphatic heterocycles. The molecule has 14 heteroatoms. The highest BCUT2D eigenvalue weighted by Crippen LogP contribution is 2.57. The molecule has 4 aromatic rings. The number of anilines is 1. The monoisotopic (exact) mass is 753 g/mol. The number of halogens is 2. The van der Waals surface area contributed by atoms with Crippen LogP contribution in [0.3, 0.4) is 0 Å². The van der Waals surface area contributed by atoms with Crippen LogP contribution < -0.4 is 13.8 Å².